The number of unbranched alkanes of at least 4 members (excludes halogenated alkanes) is 5. The van der Waals surface area contributed by atoms with E-state index in [9.17, 15) is 0 Å². The standard InChI is InChI=1S/C32H38P2/c33-27-17-3-1-2-4-18-28-34(29-19-9-5-10-20-29,30-21-11-6-12-22-30,31-23-13-7-14-24-31)32-25-15-8-16-26-32/h5-16,19-26H,1-4,17-18,27-28,33H2. The van der Waals surface area contributed by atoms with E-state index in [1.165, 1.54) is 65.9 Å². The molecule has 0 saturated carbocycles. The molecule has 0 bridgehead atoms. The van der Waals surface area contributed by atoms with E-state index in [-0.39, 0.29) is 0 Å². The molecule has 0 aliphatic carbocycles. The van der Waals surface area contributed by atoms with Crippen LogP contribution in [0, 0.1) is 0 Å². The van der Waals surface area contributed by atoms with Crippen LogP contribution in [0.2, 0.25) is 0 Å². The maximum absolute atomic E-state index is 2.96. The number of hydrogen-bond donors (Lipinski definition) is 0. The first kappa shape index (κ1) is 24.9. The minimum absolute atomic E-state index is 1.16. The molecule has 0 aliphatic rings. The first-order valence-electron chi connectivity index (χ1n) is 12.8. The maximum atomic E-state index is 2.86. The van der Waals surface area contributed by atoms with Gasteiger partial charge in [0.1, 0.15) is 0 Å². The van der Waals surface area contributed by atoms with E-state index in [1.807, 2.05) is 0 Å². The third kappa shape index (κ3) is 4.64. The molecule has 0 radical (unpaired) electrons. The van der Waals surface area contributed by atoms with Crippen molar-refractivity contribution in [2.75, 3.05) is 12.3 Å². The average molecular weight is 485 g/mol. The van der Waals surface area contributed by atoms with Gasteiger partial charge in [-0.3, -0.25) is 0 Å². The van der Waals surface area contributed by atoms with Gasteiger partial charge in [0, 0.05) is 0 Å². The molecule has 4 rings (SSSR count). The molecule has 4 aromatic carbocycles. The Labute approximate surface area is 209 Å². The molecule has 1 atom stereocenters. The second-order valence-corrected chi connectivity index (χ2v) is 15.0. The summed E-state index contributed by atoms with van der Waals surface area (Å²) in [7, 11) is 2.86. The Morgan fingerprint density at radius 2 is 0.676 bits per heavy atom. The summed E-state index contributed by atoms with van der Waals surface area (Å²) in [6.45, 7) is -2.96. The summed E-state index contributed by atoms with van der Waals surface area (Å²) in [5, 5.41) is 5.89. The topological polar surface area (TPSA) is 0 Å². The summed E-state index contributed by atoms with van der Waals surface area (Å²) in [5.41, 5.74) is 0. The fourth-order valence-corrected chi connectivity index (χ4v) is 13.0. The quantitative estimate of drug-likeness (QED) is 0.149. The molecule has 0 nitrogen and oxygen atoms in total. The summed E-state index contributed by atoms with van der Waals surface area (Å²) in [6, 6.07) is 45.6. The van der Waals surface area contributed by atoms with Crippen molar-refractivity contribution in [1.29, 1.82) is 0 Å². The van der Waals surface area contributed by atoms with Crippen molar-refractivity contribution in [3.63, 3.8) is 0 Å². The van der Waals surface area contributed by atoms with Crippen LogP contribution in [0.25, 0.3) is 0 Å². The molecular weight excluding hydrogens is 446 g/mol. The summed E-state index contributed by atoms with van der Waals surface area (Å²) < 4.78 is 0. The van der Waals surface area contributed by atoms with Crippen LogP contribution in [0.3, 0.4) is 0 Å². The van der Waals surface area contributed by atoms with E-state index < -0.39 is 6.60 Å². The summed E-state index contributed by atoms with van der Waals surface area (Å²) in [6.07, 6.45) is 10.2. The monoisotopic (exact) mass is 484 g/mol. The molecule has 1 unspecified atom stereocenters. The van der Waals surface area contributed by atoms with Gasteiger partial charge in [-0.1, -0.05) is 0 Å². The third-order valence-electron chi connectivity index (χ3n) is 7.36. The van der Waals surface area contributed by atoms with Crippen molar-refractivity contribution in [3.8, 4) is 0 Å². The second-order valence-electron chi connectivity index (χ2n) is 9.28. The molecule has 34 heavy (non-hydrogen) atoms. The van der Waals surface area contributed by atoms with E-state index in [2.05, 4.69) is 131 Å². The zero-order valence-corrected chi connectivity index (χ0v) is 22.3. The molecule has 0 amide bonds. The van der Waals surface area contributed by atoms with Crippen LogP contribution in [0.5, 0.6) is 0 Å². The van der Waals surface area contributed by atoms with E-state index in [0.29, 0.717) is 0 Å². The van der Waals surface area contributed by atoms with Crippen molar-refractivity contribution in [2.24, 2.45) is 0 Å². The molecule has 0 aromatic heterocycles. The van der Waals surface area contributed by atoms with Gasteiger partial charge in [0.25, 0.3) is 0 Å². The van der Waals surface area contributed by atoms with Gasteiger partial charge in [0.2, 0.25) is 0 Å². The molecule has 0 N–H and O–H groups in total. The molecule has 2 heteroatoms. The molecule has 0 fully saturated rings. The predicted molar refractivity (Wildman–Crippen MR) is 158 cm³/mol. The fourth-order valence-electron chi connectivity index (χ4n) is 5.72. The molecule has 0 spiro atoms. The van der Waals surface area contributed by atoms with Crippen molar-refractivity contribution >= 4 is 37.1 Å². The van der Waals surface area contributed by atoms with Crippen LogP contribution in [0.15, 0.2) is 121 Å². The van der Waals surface area contributed by atoms with Crippen molar-refractivity contribution in [2.45, 2.75) is 38.5 Å². The van der Waals surface area contributed by atoms with Crippen molar-refractivity contribution in [1.82, 2.24) is 0 Å². The molecule has 4 aromatic rings. The Bertz CT molecular complexity index is 939. The minimum atomic E-state index is -2.96. The Morgan fingerprint density at radius 3 is 1.00 bits per heavy atom. The summed E-state index contributed by atoms with van der Waals surface area (Å²) in [5.74, 6) is 0. The van der Waals surface area contributed by atoms with Gasteiger partial charge in [0.15, 0.2) is 0 Å². The van der Waals surface area contributed by atoms with Crippen molar-refractivity contribution < 1.29 is 0 Å². The Morgan fingerprint density at radius 1 is 0.382 bits per heavy atom. The Hall–Kier alpha value is -2.26. The van der Waals surface area contributed by atoms with Crippen LogP contribution in [0.4, 0.5) is 0 Å². The van der Waals surface area contributed by atoms with Gasteiger partial charge < -0.3 is 0 Å². The molecule has 0 aliphatic heterocycles. The number of rotatable bonds is 12. The molecule has 176 valence electrons. The Kier molecular flexibility index (Phi) is 8.72. The van der Waals surface area contributed by atoms with Crippen LogP contribution in [-0.2, 0) is 0 Å². The van der Waals surface area contributed by atoms with E-state index in [0.717, 1.165) is 6.16 Å². The summed E-state index contributed by atoms with van der Waals surface area (Å²) >= 11 is 0. The van der Waals surface area contributed by atoms with Gasteiger partial charge in [0.05, 0.1) is 0 Å². The molecular formula is C32H38P2. The van der Waals surface area contributed by atoms with Crippen molar-refractivity contribution in [3.05, 3.63) is 121 Å². The van der Waals surface area contributed by atoms with Gasteiger partial charge in [-0.15, -0.1) is 0 Å². The predicted octanol–water partition coefficient (Wildman–Crippen LogP) is 7.06. The second kappa shape index (κ2) is 11.9. The van der Waals surface area contributed by atoms with Gasteiger partial charge in [-0.05, 0) is 0 Å². The van der Waals surface area contributed by atoms with E-state index in [1.54, 1.807) is 0 Å². The van der Waals surface area contributed by atoms with Crippen LogP contribution in [0.1, 0.15) is 38.5 Å². The zero-order chi connectivity index (χ0) is 23.6. The van der Waals surface area contributed by atoms with E-state index in [4.69, 9.17) is 0 Å². The molecule has 0 heterocycles. The van der Waals surface area contributed by atoms with Gasteiger partial charge >= 0.3 is 209 Å². The van der Waals surface area contributed by atoms with E-state index >= 15 is 0 Å². The molecule has 0 saturated heterocycles. The Balaban J connectivity index is 1.95. The van der Waals surface area contributed by atoms with Gasteiger partial charge in [-0.25, -0.2) is 0 Å². The van der Waals surface area contributed by atoms with Gasteiger partial charge in [-0.2, -0.15) is 0 Å². The number of hydrogen-bond acceptors (Lipinski definition) is 0. The third-order valence-corrected chi connectivity index (χ3v) is 14.7. The normalized spacial score (nSPS) is 12.7. The fraction of sp³-hybridized carbons (Fsp3) is 0.250. The number of benzene rings is 4. The van der Waals surface area contributed by atoms with Crippen LogP contribution >= 0.6 is 15.8 Å². The first-order chi connectivity index (χ1) is 16.8. The van der Waals surface area contributed by atoms with Crippen LogP contribution in [-0.4, -0.2) is 12.3 Å². The average Bonchev–Trinajstić information content (AvgIpc) is 2.93. The first-order valence-corrected chi connectivity index (χ1v) is 16.0. The van der Waals surface area contributed by atoms with Crippen LogP contribution < -0.4 is 21.2 Å². The zero-order valence-electron chi connectivity index (χ0n) is 20.2. The summed E-state index contributed by atoms with van der Waals surface area (Å²) in [4.78, 5) is 0. The SMILES string of the molecule is PCCCCCCCCP(c1ccccc1)(c1ccccc1)(c1ccccc1)c1ccccc1.